The Labute approximate surface area is 181 Å². The van der Waals surface area contributed by atoms with Gasteiger partial charge in [-0.15, -0.1) is 0 Å². The molecule has 2 aliphatic rings. The summed E-state index contributed by atoms with van der Waals surface area (Å²) < 4.78 is 29.1. The number of anilines is 1. The Bertz CT molecular complexity index is 1090. The van der Waals surface area contributed by atoms with E-state index in [9.17, 15) is 18.4 Å². The number of amides is 1. The number of nitrogens with one attached hydrogen (secondary N) is 2. The smallest absolute Gasteiger partial charge is 0.254 e. The van der Waals surface area contributed by atoms with Crippen molar-refractivity contribution >= 4 is 33.3 Å². The van der Waals surface area contributed by atoms with Gasteiger partial charge in [0.15, 0.2) is 5.78 Å². The zero-order chi connectivity index (χ0) is 21.4. The highest BCUT2D eigenvalue weighted by atomic mass is 79.9. The van der Waals surface area contributed by atoms with Gasteiger partial charge in [-0.3, -0.25) is 9.59 Å². The van der Waals surface area contributed by atoms with Crippen molar-refractivity contribution in [3.8, 4) is 0 Å². The predicted molar refractivity (Wildman–Crippen MR) is 114 cm³/mol. The third kappa shape index (κ3) is 3.69. The number of dihydropyridines is 1. The van der Waals surface area contributed by atoms with E-state index in [1.165, 1.54) is 6.07 Å². The van der Waals surface area contributed by atoms with Gasteiger partial charge < -0.3 is 10.6 Å². The Hall–Kier alpha value is -2.80. The molecule has 154 valence electrons. The Balaban J connectivity index is 1.81. The van der Waals surface area contributed by atoms with Crippen LogP contribution < -0.4 is 10.6 Å². The molecule has 2 aromatic rings. The molecule has 0 saturated heterocycles. The number of rotatable bonds is 3. The first-order valence-corrected chi connectivity index (χ1v) is 10.4. The number of allylic oxidation sites excluding steroid dienone is 3. The quantitative estimate of drug-likeness (QED) is 0.634. The van der Waals surface area contributed by atoms with Crippen molar-refractivity contribution in [1.29, 1.82) is 0 Å². The first-order chi connectivity index (χ1) is 14.4. The molecule has 30 heavy (non-hydrogen) atoms. The van der Waals surface area contributed by atoms with Gasteiger partial charge in [-0.2, -0.15) is 0 Å². The molecule has 4 nitrogen and oxygen atoms in total. The summed E-state index contributed by atoms with van der Waals surface area (Å²) in [7, 11) is 0. The predicted octanol–water partition coefficient (Wildman–Crippen LogP) is 5.33. The minimum Gasteiger partial charge on any atom is -0.362 e. The molecule has 1 amide bonds. The van der Waals surface area contributed by atoms with Gasteiger partial charge in [-0.1, -0.05) is 34.1 Å². The number of hydrogen-bond donors (Lipinski definition) is 2. The SMILES string of the molecule is CC1=C(C(=O)Nc2c(F)cccc2F)C(c2ccc(Br)cc2)C2=C(CCCC2=O)N1. The largest absolute Gasteiger partial charge is 0.362 e. The molecule has 0 radical (unpaired) electrons. The second kappa shape index (κ2) is 8.14. The van der Waals surface area contributed by atoms with Gasteiger partial charge in [0.2, 0.25) is 0 Å². The second-order valence-corrected chi connectivity index (χ2v) is 8.28. The van der Waals surface area contributed by atoms with E-state index in [2.05, 4.69) is 26.6 Å². The lowest BCUT2D eigenvalue weighted by Crippen LogP contribution is -2.35. The van der Waals surface area contributed by atoms with Crippen molar-refractivity contribution < 1.29 is 18.4 Å². The maximum absolute atomic E-state index is 14.1. The number of halogens is 3. The third-order valence-corrected chi connectivity index (χ3v) is 5.95. The van der Waals surface area contributed by atoms with Gasteiger partial charge >= 0.3 is 0 Å². The van der Waals surface area contributed by atoms with Gasteiger partial charge in [-0.05, 0) is 49.6 Å². The Morgan fingerprint density at radius 1 is 1.10 bits per heavy atom. The number of benzene rings is 2. The van der Waals surface area contributed by atoms with Gasteiger partial charge in [0.25, 0.3) is 5.91 Å². The molecule has 1 aliphatic heterocycles. The van der Waals surface area contributed by atoms with E-state index in [1.807, 2.05) is 24.3 Å². The zero-order valence-electron chi connectivity index (χ0n) is 16.2. The number of para-hydroxylation sites is 1. The van der Waals surface area contributed by atoms with Crippen molar-refractivity contribution in [1.82, 2.24) is 5.32 Å². The normalized spacial score (nSPS) is 18.8. The van der Waals surface area contributed by atoms with Gasteiger partial charge in [0, 0.05) is 39.4 Å². The number of Topliss-reactive ketones (excluding diaryl/α,β-unsaturated/α-hetero) is 1. The monoisotopic (exact) mass is 472 g/mol. The Morgan fingerprint density at radius 3 is 2.43 bits per heavy atom. The van der Waals surface area contributed by atoms with Crippen LogP contribution in [0.3, 0.4) is 0 Å². The average molecular weight is 473 g/mol. The summed E-state index contributed by atoms with van der Waals surface area (Å²) in [6.45, 7) is 1.74. The van der Waals surface area contributed by atoms with Crippen LogP contribution in [0.1, 0.15) is 37.7 Å². The number of ketones is 1. The highest BCUT2D eigenvalue weighted by molar-refractivity contribution is 9.10. The lowest BCUT2D eigenvalue weighted by atomic mass is 9.75. The molecule has 7 heteroatoms. The fraction of sp³-hybridized carbons (Fsp3) is 0.217. The topological polar surface area (TPSA) is 58.2 Å². The van der Waals surface area contributed by atoms with Gasteiger partial charge in [-0.25, -0.2) is 8.78 Å². The van der Waals surface area contributed by atoms with Crippen LogP contribution >= 0.6 is 15.9 Å². The van der Waals surface area contributed by atoms with Gasteiger partial charge in [0.05, 0.1) is 0 Å². The van der Waals surface area contributed by atoms with E-state index in [0.717, 1.165) is 34.3 Å². The van der Waals surface area contributed by atoms with Gasteiger partial charge in [0.1, 0.15) is 17.3 Å². The van der Waals surface area contributed by atoms with Crippen LogP contribution in [0.5, 0.6) is 0 Å². The minimum absolute atomic E-state index is 0.0217. The second-order valence-electron chi connectivity index (χ2n) is 7.37. The van der Waals surface area contributed by atoms with Crippen molar-refractivity contribution in [2.24, 2.45) is 0 Å². The van der Waals surface area contributed by atoms with Crippen LogP contribution in [0, 0.1) is 11.6 Å². The van der Waals surface area contributed by atoms with E-state index in [4.69, 9.17) is 0 Å². The van der Waals surface area contributed by atoms with Crippen molar-refractivity contribution in [3.63, 3.8) is 0 Å². The summed E-state index contributed by atoms with van der Waals surface area (Å²) in [5, 5.41) is 5.56. The fourth-order valence-electron chi connectivity index (χ4n) is 4.07. The van der Waals surface area contributed by atoms with E-state index in [1.54, 1.807) is 6.92 Å². The molecule has 1 unspecified atom stereocenters. The first kappa shape index (κ1) is 20.5. The lowest BCUT2D eigenvalue weighted by Gasteiger charge is -2.34. The molecule has 0 spiro atoms. The number of carbonyl (C=O) groups excluding carboxylic acids is 2. The molecule has 2 N–H and O–H groups in total. The van der Waals surface area contributed by atoms with E-state index < -0.39 is 29.1 Å². The maximum atomic E-state index is 14.1. The molecule has 1 heterocycles. The standard InChI is InChI=1S/C23H19BrF2N2O2/c1-12-19(23(30)28-22-15(25)4-2-5-16(22)26)20(13-8-10-14(24)11-9-13)21-17(27-12)6-3-7-18(21)29/h2,4-5,8-11,20,27H,3,6-7H2,1H3,(H,28,30). The van der Waals surface area contributed by atoms with Crippen LogP contribution in [-0.2, 0) is 9.59 Å². The van der Waals surface area contributed by atoms with E-state index >= 15 is 0 Å². The lowest BCUT2D eigenvalue weighted by molar-refractivity contribution is -0.116. The van der Waals surface area contributed by atoms with Crippen LogP contribution in [0.15, 0.2) is 69.5 Å². The first-order valence-electron chi connectivity index (χ1n) is 9.61. The van der Waals surface area contributed by atoms with E-state index in [-0.39, 0.29) is 11.4 Å². The summed E-state index contributed by atoms with van der Waals surface area (Å²) in [6.07, 6.45) is 1.86. The summed E-state index contributed by atoms with van der Waals surface area (Å²) in [5.74, 6) is -3.01. The Kier molecular flexibility index (Phi) is 5.56. The Morgan fingerprint density at radius 2 is 1.77 bits per heavy atom. The minimum atomic E-state index is -0.862. The van der Waals surface area contributed by atoms with Crippen LogP contribution in [0.4, 0.5) is 14.5 Å². The van der Waals surface area contributed by atoms with Crippen molar-refractivity contribution in [2.75, 3.05) is 5.32 Å². The number of hydrogen-bond acceptors (Lipinski definition) is 3. The summed E-state index contributed by atoms with van der Waals surface area (Å²) in [4.78, 5) is 26.1. The molecule has 2 aromatic carbocycles. The fourth-order valence-corrected chi connectivity index (χ4v) is 4.34. The highest BCUT2D eigenvalue weighted by Gasteiger charge is 2.38. The van der Waals surface area contributed by atoms with Crippen LogP contribution in [-0.4, -0.2) is 11.7 Å². The molecule has 0 bridgehead atoms. The molecule has 1 aliphatic carbocycles. The molecule has 0 fully saturated rings. The average Bonchev–Trinajstić information content (AvgIpc) is 2.70. The van der Waals surface area contributed by atoms with Crippen LogP contribution in [0.25, 0.3) is 0 Å². The number of carbonyl (C=O) groups is 2. The summed E-state index contributed by atoms with van der Waals surface area (Å²) in [5.41, 5.74) is 2.45. The molecular formula is C23H19BrF2N2O2. The van der Waals surface area contributed by atoms with Crippen LogP contribution in [0.2, 0.25) is 0 Å². The molecule has 4 rings (SSSR count). The van der Waals surface area contributed by atoms with Crippen molar-refractivity contribution in [3.05, 3.63) is 86.7 Å². The molecule has 1 atom stereocenters. The van der Waals surface area contributed by atoms with E-state index in [0.29, 0.717) is 24.1 Å². The summed E-state index contributed by atoms with van der Waals surface area (Å²) in [6, 6.07) is 10.8. The molecular weight excluding hydrogens is 454 g/mol. The summed E-state index contributed by atoms with van der Waals surface area (Å²) >= 11 is 3.40. The highest BCUT2D eigenvalue weighted by Crippen LogP contribution is 2.42. The third-order valence-electron chi connectivity index (χ3n) is 5.43. The zero-order valence-corrected chi connectivity index (χ0v) is 17.8. The molecule has 0 aromatic heterocycles. The maximum Gasteiger partial charge on any atom is 0.254 e. The van der Waals surface area contributed by atoms with Crippen molar-refractivity contribution in [2.45, 2.75) is 32.1 Å². The molecule has 0 saturated carbocycles.